The first-order valence-electron chi connectivity index (χ1n) is 7.20. The number of aromatic amines is 1. The Bertz CT molecular complexity index is 494. The number of carbonyl (C=O) groups is 1. The van der Waals surface area contributed by atoms with E-state index in [1.165, 1.54) is 12.1 Å². The number of H-pyrrole nitrogens is 1. The van der Waals surface area contributed by atoms with Crippen LogP contribution >= 0.6 is 0 Å². The topological polar surface area (TPSA) is 78.1 Å². The molecule has 2 N–H and O–H groups in total. The van der Waals surface area contributed by atoms with Crippen molar-refractivity contribution >= 4 is 5.91 Å². The highest BCUT2D eigenvalue weighted by molar-refractivity contribution is 5.92. The highest BCUT2D eigenvalue weighted by Gasteiger charge is 2.29. The molecule has 2 heterocycles. The number of rotatable bonds is 4. The van der Waals surface area contributed by atoms with Crippen LogP contribution in [0.2, 0.25) is 0 Å². The third-order valence-electron chi connectivity index (χ3n) is 3.75. The Balaban J connectivity index is 1.96. The maximum absolute atomic E-state index is 12.3. The summed E-state index contributed by atoms with van der Waals surface area (Å²) in [6.07, 6.45) is 2.07. The molecule has 2 atom stereocenters. The maximum atomic E-state index is 12.3. The molecule has 1 aliphatic heterocycles. The highest BCUT2D eigenvalue weighted by atomic mass is 16.2. The summed E-state index contributed by atoms with van der Waals surface area (Å²) in [5.74, 6) is 0.309. The van der Waals surface area contributed by atoms with Gasteiger partial charge in [0.25, 0.3) is 11.5 Å². The first-order chi connectivity index (χ1) is 9.61. The Morgan fingerprint density at radius 3 is 2.95 bits per heavy atom. The normalized spacial score (nSPS) is 22.8. The van der Waals surface area contributed by atoms with Crippen LogP contribution in [0.3, 0.4) is 0 Å². The number of hydrogen-bond donors (Lipinski definition) is 2. The van der Waals surface area contributed by atoms with Gasteiger partial charge in [0.15, 0.2) is 0 Å². The van der Waals surface area contributed by atoms with Crippen molar-refractivity contribution in [1.29, 1.82) is 0 Å². The lowest BCUT2D eigenvalue weighted by Gasteiger charge is -2.37. The first-order valence-corrected chi connectivity index (χ1v) is 7.20. The van der Waals surface area contributed by atoms with Gasteiger partial charge in [-0.25, -0.2) is 5.10 Å². The Kier molecular flexibility index (Phi) is 4.89. The van der Waals surface area contributed by atoms with E-state index >= 15 is 0 Å². The lowest BCUT2D eigenvalue weighted by Crippen LogP contribution is -2.50. The summed E-state index contributed by atoms with van der Waals surface area (Å²) in [6, 6.07) is 3.29. The number of piperidine rings is 1. The van der Waals surface area contributed by atoms with Crippen molar-refractivity contribution in [1.82, 2.24) is 20.4 Å². The maximum Gasteiger partial charge on any atom is 0.274 e. The van der Waals surface area contributed by atoms with Crippen LogP contribution in [0.5, 0.6) is 0 Å². The summed E-state index contributed by atoms with van der Waals surface area (Å²) in [4.78, 5) is 25.1. The fourth-order valence-electron chi connectivity index (χ4n) is 2.59. The molecule has 0 spiro atoms. The monoisotopic (exact) mass is 278 g/mol. The summed E-state index contributed by atoms with van der Waals surface area (Å²) >= 11 is 0. The van der Waals surface area contributed by atoms with Crippen molar-refractivity contribution < 1.29 is 4.79 Å². The fraction of sp³-hybridized carbons (Fsp3) is 0.643. The predicted molar refractivity (Wildman–Crippen MR) is 76.6 cm³/mol. The molecule has 2 rings (SSSR count). The second-order valence-electron chi connectivity index (χ2n) is 5.38. The number of nitrogens with one attached hydrogen (secondary N) is 2. The standard InChI is InChI=1S/C14H22N4O2/c1-3-7-15-11-6-8-18(9-10(11)2)14(20)12-4-5-13(19)17-16-12/h4-5,10-11,15H,3,6-9H2,1-2H3,(H,17,19). The van der Waals surface area contributed by atoms with Crippen molar-refractivity contribution in [3.05, 3.63) is 28.2 Å². The molecule has 1 amide bonds. The van der Waals surface area contributed by atoms with E-state index < -0.39 is 0 Å². The van der Waals surface area contributed by atoms with Crippen LogP contribution in [0.25, 0.3) is 0 Å². The SMILES string of the molecule is CCCNC1CCN(C(=O)c2ccc(=O)[nH]n2)CC1C. The molecule has 1 aliphatic rings. The van der Waals surface area contributed by atoms with Crippen LogP contribution in [0.4, 0.5) is 0 Å². The average molecular weight is 278 g/mol. The molecule has 1 aromatic rings. The van der Waals surface area contributed by atoms with Gasteiger partial charge in [0, 0.05) is 25.2 Å². The summed E-state index contributed by atoms with van der Waals surface area (Å²) in [5, 5.41) is 9.63. The molecule has 1 fully saturated rings. The van der Waals surface area contributed by atoms with Gasteiger partial charge in [-0.05, 0) is 31.4 Å². The van der Waals surface area contributed by atoms with E-state index in [1.807, 2.05) is 4.90 Å². The Morgan fingerprint density at radius 2 is 2.35 bits per heavy atom. The lowest BCUT2D eigenvalue weighted by molar-refractivity contribution is 0.0638. The molecule has 1 aromatic heterocycles. The van der Waals surface area contributed by atoms with Gasteiger partial charge in [-0.3, -0.25) is 9.59 Å². The van der Waals surface area contributed by atoms with Crippen LogP contribution < -0.4 is 10.9 Å². The predicted octanol–water partition coefficient (Wildman–Crippen LogP) is 0.620. The van der Waals surface area contributed by atoms with E-state index in [2.05, 4.69) is 29.4 Å². The van der Waals surface area contributed by atoms with E-state index in [0.717, 1.165) is 32.5 Å². The van der Waals surface area contributed by atoms with Crippen molar-refractivity contribution in [3.8, 4) is 0 Å². The van der Waals surface area contributed by atoms with E-state index in [4.69, 9.17) is 0 Å². The Labute approximate surface area is 118 Å². The van der Waals surface area contributed by atoms with Gasteiger partial charge in [0.1, 0.15) is 5.69 Å². The molecule has 0 saturated carbocycles. The van der Waals surface area contributed by atoms with E-state index in [0.29, 0.717) is 17.7 Å². The quantitative estimate of drug-likeness (QED) is 0.846. The van der Waals surface area contributed by atoms with Crippen LogP contribution in [0.15, 0.2) is 16.9 Å². The number of likely N-dealkylation sites (tertiary alicyclic amines) is 1. The van der Waals surface area contributed by atoms with E-state index in [1.54, 1.807) is 0 Å². The number of nitrogens with zero attached hydrogens (tertiary/aromatic N) is 2. The number of aromatic nitrogens is 2. The Morgan fingerprint density at radius 1 is 1.55 bits per heavy atom. The summed E-state index contributed by atoms with van der Waals surface area (Å²) < 4.78 is 0. The van der Waals surface area contributed by atoms with Gasteiger partial charge in [0.2, 0.25) is 0 Å². The number of hydrogen-bond acceptors (Lipinski definition) is 4. The molecule has 0 aliphatic carbocycles. The zero-order chi connectivity index (χ0) is 14.5. The fourth-order valence-corrected chi connectivity index (χ4v) is 2.59. The molecule has 110 valence electrons. The molecule has 0 aromatic carbocycles. The molecule has 0 bridgehead atoms. The molecule has 1 saturated heterocycles. The number of amides is 1. The summed E-state index contributed by atoms with van der Waals surface area (Å²) in [7, 11) is 0. The molecule has 2 unspecified atom stereocenters. The van der Waals surface area contributed by atoms with Crippen molar-refractivity contribution in [2.24, 2.45) is 5.92 Å². The Hall–Kier alpha value is -1.69. The van der Waals surface area contributed by atoms with E-state index in [-0.39, 0.29) is 11.5 Å². The molecular weight excluding hydrogens is 256 g/mol. The number of carbonyl (C=O) groups excluding carboxylic acids is 1. The second-order valence-corrected chi connectivity index (χ2v) is 5.38. The largest absolute Gasteiger partial charge is 0.337 e. The molecule has 0 radical (unpaired) electrons. The zero-order valence-electron chi connectivity index (χ0n) is 12.1. The minimum atomic E-state index is -0.294. The van der Waals surface area contributed by atoms with Crippen LogP contribution in [0, 0.1) is 5.92 Å². The van der Waals surface area contributed by atoms with Gasteiger partial charge in [0.05, 0.1) is 0 Å². The minimum Gasteiger partial charge on any atom is -0.337 e. The highest BCUT2D eigenvalue weighted by Crippen LogP contribution is 2.18. The zero-order valence-corrected chi connectivity index (χ0v) is 12.1. The van der Waals surface area contributed by atoms with Crippen LogP contribution in [0.1, 0.15) is 37.2 Å². The average Bonchev–Trinajstić information content (AvgIpc) is 2.46. The first kappa shape index (κ1) is 14.7. The van der Waals surface area contributed by atoms with Gasteiger partial charge in [-0.1, -0.05) is 13.8 Å². The van der Waals surface area contributed by atoms with Crippen LogP contribution in [-0.2, 0) is 0 Å². The van der Waals surface area contributed by atoms with Crippen LogP contribution in [-0.4, -0.2) is 46.7 Å². The third-order valence-corrected chi connectivity index (χ3v) is 3.75. The van der Waals surface area contributed by atoms with Crippen molar-refractivity contribution in [2.75, 3.05) is 19.6 Å². The molecule has 6 heteroatoms. The summed E-state index contributed by atoms with van der Waals surface area (Å²) in [5.41, 5.74) is 0.00848. The van der Waals surface area contributed by atoms with Gasteiger partial charge in [-0.2, -0.15) is 5.10 Å². The lowest BCUT2D eigenvalue weighted by atomic mass is 9.93. The van der Waals surface area contributed by atoms with Gasteiger partial charge >= 0.3 is 0 Å². The smallest absolute Gasteiger partial charge is 0.274 e. The van der Waals surface area contributed by atoms with Gasteiger partial charge in [-0.15, -0.1) is 0 Å². The van der Waals surface area contributed by atoms with E-state index in [9.17, 15) is 9.59 Å². The van der Waals surface area contributed by atoms with Crippen molar-refractivity contribution in [3.63, 3.8) is 0 Å². The van der Waals surface area contributed by atoms with Crippen molar-refractivity contribution in [2.45, 2.75) is 32.7 Å². The molecule has 6 nitrogen and oxygen atoms in total. The molecule has 20 heavy (non-hydrogen) atoms. The summed E-state index contributed by atoms with van der Waals surface area (Å²) in [6.45, 7) is 6.78. The second kappa shape index (κ2) is 6.65. The minimum absolute atomic E-state index is 0.109. The molecular formula is C14H22N4O2. The third kappa shape index (κ3) is 3.45. The van der Waals surface area contributed by atoms with Gasteiger partial charge < -0.3 is 10.2 Å².